The second-order valence-corrected chi connectivity index (χ2v) is 6.98. The topological polar surface area (TPSA) is 107 Å². The second-order valence-electron chi connectivity index (χ2n) is 6.98. The average Bonchev–Trinajstić information content (AvgIpc) is 2.90. The maximum absolute atomic E-state index is 12.1. The van der Waals surface area contributed by atoms with Gasteiger partial charge in [-0.25, -0.2) is 9.78 Å². The molecule has 0 aliphatic carbocycles. The van der Waals surface area contributed by atoms with Gasteiger partial charge in [-0.2, -0.15) is 0 Å². The Bertz CT molecular complexity index is 864. The molecule has 1 aliphatic rings. The van der Waals surface area contributed by atoms with Crippen molar-refractivity contribution in [1.29, 1.82) is 0 Å². The minimum atomic E-state index is -1.02. The molecule has 136 valence electrons. The summed E-state index contributed by atoms with van der Waals surface area (Å²) in [6, 6.07) is 0.873. The van der Waals surface area contributed by atoms with Gasteiger partial charge in [0.05, 0.1) is 17.3 Å². The van der Waals surface area contributed by atoms with Crippen LogP contribution in [-0.4, -0.2) is 48.2 Å². The Hall–Kier alpha value is -2.19. The Morgan fingerprint density at radius 2 is 2.16 bits per heavy atom. The number of H-pyrrole nitrogens is 2. The molecule has 1 aliphatic heterocycles. The molecular weight excluding hydrogens is 322 g/mol. The van der Waals surface area contributed by atoms with Crippen LogP contribution in [0.25, 0.3) is 0 Å². The van der Waals surface area contributed by atoms with E-state index in [1.54, 1.807) is 6.92 Å². The largest absolute Gasteiger partial charge is 0.388 e. The first kappa shape index (κ1) is 17.6. The molecule has 0 aromatic carbocycles. The molecule has 0 saturated carbocycles. The van der Waals surface area contributed by atoms with E-state index in [2.05, 4.69) is 26.8 Å². The van der Waals surface area contributed by atoms with Gasteiger partial charge in [-0.05, 0) is 20.3 Å². The molecule has 2 aromatic rings. The number of aromatic nitrogens is 4. The van der Waals surface area contributed by atoms with E-state index in [-0.39, 0.29) is 0 Å². The Morgan fingerprint density at radius 3 is 2.80 bits per heavy atom. The summed E-state index contributed by atoms with van der Waals surface area (Å²) in [5, 5.41) is 10.8. The van der Waals surface area contributed by atoms with E-state index in [1.165, 1.54) is 16.8 Å². The van der Waals surface area contributed by atoms with Crippen LogP contribution in [-0.2, 0) is 13.0 Å². The van der Waals surface area contributed by atoms with Crippen molar-refractivity contribution < 1.29 is 5.11 Å². The van der Waals surface area contributed by atoms with Gasteiger partial charge in [0, 0.05) is 44.0 Å². The van der Waals surface area contributed by atoms with Crippen molar-refractivity contribution in [2.24, 2.45) is 0 Å². The number of aliphatic hydroxyl groups is 1. The fourth-order valence-electron chi connectivity index (χ4n) is 3.38. The standard InChI is InChI=1S/C17H25N5O3/c1-4-14-18-11(2)12(19-14)9-21-8-6-17(3,25)13(10-21)22-7-5-15(23)20-16(22)24/h5,7,13,25H,4,6,8-10H2,1-3H3,(H,18,19)(H,20,23,24)/t13-,17-/m1/s1. The minimum absolute atomic E-state index is 0.435. The number of rotatable bonds is 4. The first-order valence-electron chi connectivity index (χ1n) is 8.60. The molecule has 1 saturated heterocycles. The molecule has 1 fully saturated rings. The molecule has 2 aromatic heterocycles. The highest BCUT2D eigenvalue weighted by Gasteiger charge is 2.39. The number of aryl methyl sites for hydroxylation is 2. The lowest BCUT2D eigenvalue weighted by Gasteiger charge is -2.43. The molecule has 25 heavy (non-hydrogen) atoms. The van der Waals surface area contributed by atoms with Crippen molar-refractivity contribution >= 4 is 0 Å². The zero-order chi connectivity index (χ0) is 18.2. The summed E-state index contributed by atoms with van der Waals surface area (Å²) in [6.45, 7) is 7.68. The second kappa shape index (κ2) is 6.61. The summed E-state index contributed by atoms with van der Waals surface area (Å²) in [5.41, 5.74) is 0.0860. The van der Waals surface area contributed by atoms with E-state index < -0.39 is 22.9 Å². The first-order valence-corrected chi connectivity index (χ1v) is 8.60. The molecule has 8 nitrogen and oxygen atoms in total. The lowest BCUT2D eigenvalue weighted by molar-refractivity contribution is -0.0544. The van der Waals surface area contributed by atoms with Crippen LogP contribution in [0.4, 0.5) is 0 Å². The van der Waals surface area contributed by atoms with Crippen LogP contribution in [0.5, 0.6) is 0 Å². The molecule has 0 unspecified atom stereocenters. The fraction of sp³-hybridized carbons (Fsp3) is 0.588. The number of imidazole rings is 1. The van der Waals surface area contributed by atoms with E-state index in [0.717, 1.165) is 30.2 Å². The van der Waals surface area contributed by atoms with Crippen molar-refractivity contribution in [2.45, 2.75) is 51.8 Å². The Morgan fingerprint density at radius 1 is 1.40 bits per heavy atom. The van der Waals surface area contributed by atoms with Crippen LogP contribution in [0, 0.1) is 6.92 Å². The van der Waals surface area contributed by atoms with Crippen molar-refractivity contribution in [3.05, 3.63) is 50.3 Å². The van der Waals surface area contributed by atoms with Gasteiger partial charge in [-0.1, -0.05) is 6.92 Å². The SMILES string of the molecule is CCc1nc(CN2CC[C@@](C)(O)[C@H](n3ccc(=O)[nH]c3=O)C2)c(C)[nH]1. The molecule has 3 N–H and O–H groups in total. The van der Waals surface area contributed by atoms with Crippen LogP contribution in [0.2, 0.25) is 0 Å². The molecule has 8 heteroatoms. The van der Waals surface area contributed by atoms with Crippen LogP contribution < -0.4 is 11.2 Å². The predicted molar refractivity (Wildman–Crippen MR) is 93.6 cm³/mol. The highest BCUT2D eigenvalue weighted by molar-refractivity contribution is 5.13. The van der Waals surface area contributed by atoms with Crippen molar-refractivity contribution in [2.75, 3.05) is 13.1 Å². The van der Waals surface area contributed by atoms with Crippen LogP contribution in [0.15, 0.2) is 21.9 Å². The van der Waals surface area contributed by atoms with E-state index in [4.69, 9.17) is 0 Å². The predicted octanol–water partition coefficient (Wildman–Crippen LogP) is 0.329. The van der Waals surface area contributed by atoms with Gasteiger partial charge < -0.3 is 10.1 Å². The quantitative estimate of drug-likeness (QED) is 0.739. The number of nitrogens with zero attached hydrogens (tertiary/aromatic N) is 3. The smallest absolute Gasteiger partial charge is 0.328 e. The first-order chi connectivity index (χ1) is 11.8. The molecule has 0 bridgehead atoms. The van der Waals surface area contributed by atoms with E-state index in [0.29, 0.717) is 19.5 Å². The van der Waals surface area contributed by atoms with Crippen molar-refractivity contribution in [3.63, 3.8) is 0 Å². The molecule has 0 radical (unpaired) electrons. The lowest BCUT2D eigenvalue weighted by atomic mass is 9.88. The number of likely N-dealkylation sites (tertiary alicyclic amines) is 1. The van der Waals surface area contributed by atoms with Gasteiger partial charge >= 0.3 is 5.69 Å². The highest BCUT2D eigenvalue weighted by Crippen LogP contribution is 2.31. The van der Waals surface area contributed by atoms with Gasteiger partial charge in [0.1, 0.15) is 5.82 Å². The number of hydrogen-bond donors (Lipinski definition) is 3. The molecule has 3 rings (SSSR count). The van der Waals surface area contributed by atoms with Crippen molar-refractivity contribution in [1.82, 2.24) is 24.4 Å². The number of piperidine rings is 1. The Labute approximate surface area is 145 Å². The molecule has 0 amide bonds. The average molecular weight is 347 g/mol. The maximum atomic E-state index is 12.1. The highest BCUT2D eigenvalue weighted by atomic mass is 16.3. The lowest BCUT2D eigenvalue weighted by Crippen LogP contribution is -2.53. The molecule has 0 spiro atoms. The van der Waals surface area contributed by atoms with Crippen LogP contribution >= 0.6 is 0 Å². The molecule has 3 heterocycles. The molecular formula is C17H25N5O3. The number of hydrogen-bond acceptors (Lipinski definition) is 5. The Kier molecular flexibility index (Phi) is 4.66. The van der Waals surface area contributed by atoms with Crippen LogP contribution in [0.3, 0.4) is 0 Å². The van der Waals surface area contributed by atoms with Gasteiger partial charge in [0.15, 0.2) is 0 Å². The zero-order valence-electron chi connectivity index (χ0n) is 14.9. The summed E-state index contributed by atoms with van der Waals surface area (Å²) in [4.78, 5) is 35.8. The van der Waals surface area contributed by atoms with Gasteiger partial charge in [-0.3, -0.25) is 19.2 Å². The number of nitrogens with one attached hydrogen (secondary N) is 2. The Balaban J connectivity index is 1.84. The third-order valence-electron chi connectivity index (χ3n) is 5.01. The van der Waals surface area contributed by atoms with E-state index >= 15 is 0 Å². The third kappa shape index (κ3) is 3.59. The fourth-order valence-corrected chi connectivity index (χ4v) is 3.38. The summed E-state index contributed by atoms with van der Waals surface area (Å²) < 4.78 is 1.42. The summed E-state index contributed by atoms with van der Waals surface area (Å²) >= 11 is 0. The number of aromatic amines is 2. The van der Waals surface area contributed by atoms with E-state index in [1.807, 2.05) is 6.92 Å². The zero-order valence-corrected chi connectivity index (χ0v) is 14.9. The summed E-state index contributed by atoms with van der Waals surface area (Å²) in [5.74, 6) is 0.963. The van der Waals surface area contributed by atoms with E-state index in [9.17, 15) is 14.7 Å². The normalized spacial score (nSPS) is 24.6. The summed E-state index contributed by atoms with van der Waals surface area (Å²) in [6.07, 6.45) is 2.84. The monoisotopic (exact) mass is 347 g/mol. The molecule has 2 atom stereocenters. The maximum Gasteiger partial charge on any atom is 0.328 e. The van der Waals surface area contributed by atoms with Gasteiger partial charge in [0.2, 0.25) is 0 Å². The van der Waals surface area contributed by atoms with Crippen LogP contribution in [0.1, 0.15) is 43.5 Å². The van der Waals surface area contributed by atoms with Crippen molar-refractivity contribution in [3.8, 4) is 0 Å². The third-order valence-corrected chi connectivity index (χ3v) is 5.01. The van der Waals surface area contributed by atoms with Gasteiger partial charge in [-0.15, -0.1) is 0 Å². The van der Waals surface area contributed by atoms with Gasteiger partial charge in [0.25, 0.3) is 5.56 Å². The summed E-state index contributed by atoms with van der Waals surface area (Å²) in [7, 11) is 0. The minimum Gasteiger partial charge on any atom is -0.388 e.